The van der Waals surface area contributed by atoms with Crippen LogP contribution in [0.4, 0.5) is 5.95 Å². The van der Waals surface area contributed by atoms with Crippen LogP contribution in [0.5, 0.6) is 0 Å². The second-order valence-electron chi connectivity index (χ2n) is 11.0. The van der Waals surface area contributed by atoms with E-state index in [1.165, 1.54) is 70.0 Å². The average Bonchev–Trinajstić information content (AvgIpc) is 3.05. The van der Waals surface area contributed by atoms with Crippen molar-refractivity contribution in [2.75, 3.05) is 38.1 Å². The molecule has 4 fully saturated rings. The monoisotopic (exact) mass is 411 g/mol. The van der Waals surface area contributed by atoms with Gasteiger partial charge in [-0.2, -0.15) is 0 Å². The van der Waals surface area contributed by atoms with E-state index in [1.807, 2.05) is 0 Å². The molecular formula is C25H41N5. The zero-order valence-electron chi connectivity index (χ0n) is 19.3. The number of nitrogens with zero attached hydrogens (tertiary/aromatic N) is 5. The molecule has 1 aliphatic carbocycles. The summed E-state index contributed by atoms with van der Waals surface area (Å²) in [5, 5.41) is 0. The number of likely N-dealkylation sites (tertiary alicyclic amines) is 2. The predicted molar refractivity (Wildman–Crippen MR) is 123 cm³/mol. The highest BCUT2D eigenvalue weighted by molar-refractivity contribution is 5.38. The van der Waals surface area contributed by atoms with Crippen LogP contribution in [0.3, 0.4) is 0 Å². The number of piperidine rings is 1. The maximum absolute atomic E-state index is 4.86. The van der Waals surface area contributed by atoms with Gasteiger partial charge in [-0.15, -0.1) is 0 Å². The van der Waals surface area contributed by atoms with Crippen molar-refractivity contribution < 1.29 is 0 Å². The summed E-state index contributed by atoms with van der Waals surface area (Å²) in [6.45, 7) is 9.62. The van der Waals surface area contributed by atoms with Crippen molar-refractivity contribution >= 4 is 5.95 Å². The fourth-order valence-electron chi connectivity index (χ4n) is 6.85. The van der Waals surface area contributed by atoms with Crippen LogP contribution >= 0.6 is 0 Å². The topological polar surface area (TPSA) is 35.5 Å². The Kier molecular flexibility index (Phi) is 6.03. The SMILES string of the molecule is CC(C)[C@H]1CC[C@@H](N2CCC(c3cnc(N4C5CCC4CN(C)C5)nc3)CC2)CC1. The third-order valence-electron chi connectivity index (χ3n) is 8.76. The van der Waals surface area contributed by atoms with Crippen LogP contribution in [0, 0.1) is 11.8 Å². The van der Waals surface area contributed by atoms with Crippen LogP contribution in [0.25, 0.3) is 0 Å². The minimum Gasteiger partial charge on any atom is -0.332 e. The normalized spacial score (nSPS) is 34.1. The van der Waals surface area contributed by atoms with Gasteiger partial charge in [-0.1, -0.05) is 13.8 Å². The molecule has 0 radical (unpaired) electrons. The molecule has 5 nitrogen and oxygen atoms in total. The van der Waals surface area contributed by atoms with Crippen molar-refractivity contribution in [3.05, 3.63) is 18.0 Å². The van der Waals surface area contributed by atoms with Gasteiger partial charge >= 0.3 is 0 Å². The molecule has 1 aromatic rings. The van der Waals surface area contributed by atoms with Crippen LogP contribution < -0.4 is 4.90 Å². The third kappa shape index (κ3) is 4.12. The quantitative estimate of drug-likeness (QED) is 0.744. The Hall–Kier alpha value is -1.20. The Bertz CT molecular complexity index is 674. The number of rotatable bonds is 4. The summed E-state index contributed by atoms with van der Waals surface area (Å²) >= 11 is 0. The van der Waals surface area contributed by atoms with Gasteiger partial charge in [0.05, 0.1) is 0 Å². The summed E-state index contributed by atoms with van der Waals surface area (Å²) in [6, 6.07) is 2.05. The van der Waals surface area contributed by atoms with Crippen LogP contribution in [-0.2, 0) is 0 Å². The summed E-state index contributed by atoms with van der Waals surface area (Å²) in [6.07, 6.45) is 15.1. The minimum absolute atomic E-state index is 0.605. The summed E-state index contributed by atoms with van der Waals surface area (Å²) in [5.74, 6) is 3.44. The van der Waals surface area contributed by atoms with E-state index in [4.69, 9.17) is 9.97 Å². The Morgan fingerprint density at radius 3 is 1.93 bits per heavy atom. The summed E-state index contributed by atoms with van der Waals surface area (Å²) in [5.41, 5.74) is 1.36. The number of hydrogen-bond donors (Lipinski definition) is 0. The van der Waals surface area contributed by atoms with Crippen molar-refractivity contribution in [3.8, 4) is 0 Å². The number of likely N-dealkylation sites (N-methyl/N-ethyl adjacent to an activating group) is 1. The van der Waals surface area contributed by atoms with Gasteiger partial charge < -0.3 is 14.7 Å². The molecule has 3 saturated heterocycles. The highest BCUT2D eigenvalue weighted by atomic mass is 15.4. The smallest absolute Gasteiger partial charge is 0.225 e. The number of anilines is 1. The molecule has 30 heavy (non-hydrogen) atoms. The highest BCUT2D eigenvalue weighted by Gasteiger charge is 2.40. The van der Waals surface area contributed by atoms with E-state index in [2.05, 4.69) is 48.0 Å². The van der Waals surface area contributed by atoms with Gasteiger partial charge in [0.25, 0.3) is 0 Å². The maximum Gasteiger partial charge on any atom is 0.225 e. The van der Waals surface area contributed by atoms with Gasteiger partial charge in [0.1, 0.15) is 0 Å². The summed E-state index contributed by atoms with van der Waals surface area (Å²) < 4.78 is 0. The predicted octanol–water partition coefficient (Wildman–Crippen LogP) is 4.15. The minimum atomic E-state index is 0.605. The molecule has 2 unspecified atom stereocenters. The molecule has 0 N–H and O–H groups in total. The van der Waals surface area contributed by atoms with Crippen molar-refractivity contribution in [3.63, 3.8) is 0 Å². The zero-order chi connectivity index (χ0) is 20.7. The number of fused-ring (bicyclic) bond motifs is 2. The van der Waals surface area contributed by atoms with Crippen LogP contribution in [0.2, 0.25) is 0 Å². The van der Waals surface area contributed by atoms with E-state index in [0.717, 1.165) is 36.9 Å². The summed E-state index contributed by atoms with van der Waals surface area (Å²) in [7, 11) is 2.24. The lowest BCUT2D eigenvalue weighted by Crippen LogP contribution is -2.53. The second kappa shape index (κ2) is 8.74. The van der Waals surface area contributed by atoms with Crippen molar-refractivity contribution in [2.45, 2.75) is 89.3 Å². The molecule has 166 valence electrons. The number of piperazine rings is 1. The van der Waals surface area contributed by atoms with E-state index < -0.39 is 0 Å². The molecule has 3 aliphatic heterocycles. The average molecular weight is 412 g/mol. The molecule has 5 heteroatoms. The lowest BCUT2D eigenvalue weighted by atomic mass is 9.78. The fourth-order valence-corrected chi connectivity index (χ4v) is 6.85. The van der Waals surface area contributed by atoms with Crippen LogP contribution in [0.15, 0.2) is 12.4 Å². The second-order valence-corrected chi connectivity index (χ2v) is 11.0. The largest absolute Gasteiger partial charge is 0.332 e. The summed E-state index contributed by atoms with van der Waals surface area (Å²) in [4.78, 5) is 17.5. The number of hydrogen-bond acceptors (Lipinski definition) is 5. The standard InChI is InChI=1S/C25H41N5/c1-18(2)19-4-6-22(7-5-19)29-12-10-20(11-13-29)21-14-26-25(27-15-21)30-23-8-9-24(30)17-28(3)16-23/h14-15,18-20,22-24H,4-13,16-17H2,1-3H3/t19-,22+,23?,24?. The van der Waals surface area contributed by atoms with Gasteiger partial charge in [-0.3, -0.25) is 0 Å². The lowest BCUT2D eigenvalue weighted by molar-refractivity contribution is 0.0981. The Morgan fingerprint density at radius 2 is 1.37 bits per heavy atom. The molecule has 5 rings (SSSR count). The van der Waals surface area contributed by atoms with E-state index in [1.54, 1.807) is 0 Å². The van der Waals surface area contributed by atoms with E-state index >= 15 is 0 Å². The molecule has 2 bridgehead atoms. The Labute approximate surface area is 183 Å². The molecule has 0 amide bonds. The lowest BCUT2D eigenvalue weighted by Gasteiger charge is -2.41. The van der Waals surface area contributed by atoms with Crippen molar-refractivity contribution in [1.29, 1.82) is 0 Å². The maximum atomic E-state index is 4.86. The molecule has 1 aromatic heterocycles. The third-order valence-corrected chi connectivity index (χ3v) is 8.76. The Balaban J connectivity index is 1.15. The Morgan fingerprint density at radius 1 is 0.800 bits per heavy atom. The van der Waals surface area contributed by atoms with E-state index in [-0.39, 0.29) is 0 Å². The first-order valence-electron chi connectivity index (χ1n) is 12.6. The van der Waals surface area contributed by atoms with Gasteiger partial charge in [0, 0.05) is 43.6 Å². The van der Waals surface area contributed by atoms with Gasteiger partial charge in [0.15, 0.2) is 0 Å². The van der Waals surface area contributed by atoms with Crippen LogP contribution in [-0.4, -0.2) is 71.1 Å². The van der Waals surface area contributed by atoms with E-state index in [0.29, 0.717) is 18.0 Å². The molecular weight excluding hydrogens is 370 g/mol. The van der Waals surface area contributed by atoms with Gasteiger partial charge in [0.2, 0.25) is 5.95 Å². The number of aromatic nitrogens is 2. The molecule has 4 heterocycles. The van der Waals surface area contributed by atoms with Gasteiger partial charge in [-0.05, 0) is 94.8 Å². The fraction of sp³-hybridized carbons (Fsp3) is 0.840. The first kappa shape index (κ1) is 20.7. The van der Waals surface area contributed by atoms with Crippen molar-refractivity contribution in [1.82, 2.24) is 19.8 Å². The van der Waals surface area contributed by atoms with E-state index in [9.17, 15) is 0 Å². The first-order chi connectivity index (χ1) is 14.6. The molecule has 0 spiro atoms. The van der Waals surface area contributed by atoms with Crippen LogP contribution in [0.1, 0.15) is 76.7 Å². The zero-order valence-corrected chi connectivity index (χ0v) is 19.3. The molecule has 4 aliphatic rings. The van der Waals surface area contributed by atoms with Gasteiger partial charge in [-0.25, -0.2) is 9.97 Å². The molecule has 0 aromatic carbocycles. The first-order valence-corrected chi connectivity index (χ1v) is 12.6. The highest BCUT2D eigenvalue weighted by Crippen LogP contribution is 2.36. The van der Waals surface area contributed by atoms with Crippen molar-refractivity contribution in [2.24, 2.45) is 11.8 Å². The molecule has 1 saturated carbocycles. The molecule has 2 atom stereocenters.